The molecular weight excluding hydrogens is 216 g/mol. The van der Waals surface area contributed by atoms with Crippen LogP contribution in [0.3, 0.4) is 0 Å². The molecule has 1 aliphatic rings. The Labute approximate surface area is 104 Å². The Kier molecular flexibility index (Phi) is 11.6. The average Bonchev–Trinajstić information content (AvgIpc) is 2.76. The fraction of sp³-hybridized carbons (Fsp3) is 0.500. The lowest BCUT2D eigenvalue weighted by molar-refractivity contribution is -0.132. The van der Waals surface area contributed by atoms with Crippen molar-refractivity contribution in [3.05, 3.63) is 35.6 Å². The Hall–Kier alpha value is -1.51. The number of carboxylic acid groups (broad SMARTS) is 1. The maximum absolute atomic E-state index is 10.6. The highest BCUT2D eigenvalue weighted by molar-refractivity contribution is 5.90. The van der Waals surface area contributed by atoms with Gasteiger partial charge in [0.2, 0.25) is 0 Å². The van der Waals surface area contributed by atoms with Crippen LogP contribution in [0.15, 0.2) is 35.6 Å². The lowest BCUT2D eigenvalue weighted by atomic mass is 10.1. The van der Waals surface area contributed by atoms with Gasteiger partial charge in [0.25, 0.3) is 0 Å². The Bertz CT molecular complexity index is 299. The third kappa shape index (κ3) is 6.61. The van der Waals surface area contributed by atoms with Crippen LogP contribution < -0.4 is 0 Å². The molecule has 0 atom stereocenters. The molecule has 3 nitrogen and oxygen atoms in total. The summed E-state index contributed by atoms with van der Waals surface area (Å²) in [5.41, 5.74) is 1.15. The normalized spacial score (nSPS) is 13.8. The minimum absolute atomic E-state index is 0.208. The maximum atomic E-state index is 10.6. The van der Waals surface area contributed by atoms with Gasteiger partial charge < -0.3 is 9.84 Å². The van der Waals surface area contributed by atoms with E-state index in [1.165, 1.54) is 6.08 Å². The smallest absolute Gasteiger partial charge is 0.335 e. The predicted octanol–water partition coefficient (Wildman–Crippen LogP) is 3.93. The number of carboxylic acids is 1. The summed E-state index contributed by atoms with van der Waals surface area (Å²) in [5.74, 6) is -0.150. The number of aliphatic carboxylic acids is 1. The molecule has 0 aliphatic carbocycles. The molecule has 0 fully saturated rings. The van der Waals surface area contributed by atoms with E-state index in [2.05, 4.69) is 6.58 Å². The average molecular weight is 240 g/mol. The zero-order valence-corrected chi connectivity index (χ0v) is 11.5. The number of rotatable bonds is 3. The van der Waals surface area contributed by atoms with Crippen LogP contribution in [0.4, 0.5) is 0 Å². The summed E-state index contributed by atoms with van der Waals surface area (Å²) in [4.78, 5) is 10.6. The van der Waals surface area contributed by atoms with Gasteiger partial charge in [0, 0.05) is 6.42 Å². The molecule has 0 spiro atoms. The highest BCUT2D eigenvalue weighted by Crippen LogP contribution is 2.21. The molecule has 1 heterocycles. The first-order valence-electron chi connectivity index (χ1n) is 6.05. The minimum atomic E-state index is -0.956. The molecule has 0 aromatic rings. The lowest BCUT2D eigenvalue weighted by Gasteiger charge is -1.96. The Balaban J connectivity index is 0. The summed E-state index contributed by atoms with van der Waals surface area (Å²) < 4.78 is 5.20. The van der Waals surface area contributed by atoms with E-state index < -0.39 is 5.97 Å². The van der Waals surface area contributed by atoms with E-state index in [0.29, 0.717) is 6.61 Å². The van der Waals surface area contributed by atoms with Gasteiger partial charge in [-0.25, -0.2) is 4.79 Å². The molecule has 1 aliphatic heterocycles. The maximum Gasteiger partial charge on any atom is 0.335 e. The molecule has 3 heteroatoms. The van der Waals surface area contributed by atoms with Crippen LogP contribution in [0.5, 0.6) is 0 Å². The summed E-state index contributed by atoms with van der Waals surface area (Å²) in [6, 6.07) is 0. The third-order valence-electron chi connectivity index (χ3n) is 1.94. The van der Waals surface area contributed by atoms with Crippen molar-refractivity contribution in [1.82, 2.24) is 0 Å². The van der Waals surface area contributed by atoms with E-state index >= 15 is 0 Å². The molecule has 0 saturated heterocycles. The minimum Gasteiger partial charge on any atom is -0.498 e. The van der Waals surface area contributed by atoms with Crippen LogP contribution in [0.1, 0.15) is 41.0 Å². The van der Waals surface area contributed by atoms with Gasteiger partial charge in [-0.05, 0) is 18.6 Å². The fourth-order valence-electron chi connectivity index (χ4n) is 1.15. The second-order valence-electron chi connectivity index (χ2n) is 2.79. The molecule has 0 bridgehead atoms. The lowest BCUT2D eigenvalue weighted by Crippen LogP contribution is -1.97. The van der Waals surface area contributed by atoms with Crippen molar-refractivity contribution < 1.29 is 14.6 Å². The number of ether oxygens (including phenoxy) is 1. The zero-order chi connectivity index (χ0) is 13.8. The van der Waals surface area contributed by atoms with Crippen molar-refractivity contribution in [2.24, 2.45) is 0 Å². The molecule has 1 N–H and O–H groups in total. The molecular formula is C14H24O3. The molecule has 98 valence electrons. The van der Waals surface area contributed by atoms with Gasteiger partial charge in [-0.3, -0.25) is 0 Å². The summed E-state index contributed by atoms with van der Waals surface area (Å²) in [6.45, 7) is 13.9. The van der Waals surface area contributed by atoms with E-state index in [1.54, 1.807) is 6.08 Å². The fourth-order valence-corrected chi connectivity index (χ4v) is 1.15. The van der Waals surface area contributed by atoms with Crippen LogP contribution >= 0.6 is 0 Å². The first-order valence-corrected chi connectivity index (χ1v) is 6.05. The Morgan fingerprint density at radius 1 is 1.35 bits per heavy atom. The quantitative estimate of drug-likeness (QED) is 0.600. The zero-order valence-electron chi connectivity index (χ0n) is 11.5. The van der Waals surface area contributed by atoms with Gasteiger partial charge in [0.1, 0.15) is 0 Å². The molecule has 17 heavy (non-hydrogen) atoms. The van der Waals surface area contributed by atoms with E-state index in [0.717, 1.165) is 17.8 Å². The van der Waals surface area contributed by atoms with Gasteiger partial charge in [-0.2, -0.15) is 0 Å². The Morgan fingerprint density at radius 3 is 2.18 bits per heavy atom. The molecule has 1 rings (SSSR count). The number of carbonyl (C=O) groups is 1. The second-order valence-corrected chi connectivity index (χ2v) is 2.79. The predicted molar refractivity (Wildman–Crippen MR) is 71.9 cm³/mol. The molecule has 0 saturated carbocycles. The molecule has 0 amide bonds. The van der Waals surface area contributed by atoms with Gasteiger partial charge in [-0.1, -0.05) is 40.3 Å². The van der Waals surface area contributed by atoms with Crippen LogP contribution in [0, 0.1) is 0 Å². The largest absolute Gasteiger partial charge is 0.498 e. The van der Waals surface area contributed by atoms with Crippen molar-refractivity contribution >= 4 is 5.97 Å². The monoisotopic (exact) mass is 240 g/mol. The van der Waals surface area contributed by atoms with Crippen molar-refractivity contribution in [2.75, 3.05) is 6.61 Å². The highest BCUT2D eigenvalue weighted by Gasteiger charge is 2.11. The van der Waals surface area contributed by atoms with E-state index in [4.69, 9.17) is 9.84 Å². The van der Waals surface area contributed by atoms with E-state index in [-0.39, 0.29) is 5.57 Å². The van der Waals surface area contributed by atoms with Crippen LogP contribution in [0.2, 0.25) is 0 Å². The molecule has 0 radical (unpaired) electrons. The first-order chi connectivity index (χ1) is 8.15. The standard InChI is InChI=1S/C10H12O3.2C2H6/c1-3-8(10(11)12)6-9-4-5-13-7(9)2;2*1-2/h3,6H,1,4-5H2,2H3,(H,11,12);2*1-2H3/b8-6+;;. The molecule has 0 aromatic carbocycles. The summed E-state index contributed by atoms with van der Waals surface area (Å²) in [7, 11) is 0. The van der Waals surface area contributed by atoms with Gasteiger partial charge in [0.15, 0.2) is 0 Å². The summed E-state index contributed by atoms with van der Waals surface area (Å²) in [5, 5.41) is 8.72. The van der Waals surface area contributed by atoms with Crippen molar-refractivity contribution in [2.45, 2.75) is 41.0 Å². The summed E-state index contributed by atoms with van der Waals surface area (Å²) in [6.07, 6.45) is 3.72. The topological polar surface area (TPSA) is 46.5 Å². The van der Waals surface area contributed by atoms with Crippen LogP contribution in [-0.2, 0) is 9.53 Å². The third-order valence-corrected chi connectivity index (χ3v) is 1.94. The summed E-state index contributed by atoms with van der Waals surface area (Å²) >= 11 is 0. The SMILES string of the molecule is C=C/C(=C\C1=C(C)OCC1)C(=O)O.CC.CC. The van der Waals surface area contributed by atoms with Crippen LogP contribution in [0.25, 0.3) is 0 Å². The Morgan fingerprint density at radius 2 is 1.88 bits per heavy atom. The second kappa shape index (κ2) is 11.0. The molecule has 0 unspecified atom stereocenters. The van der Waals surface area contributed by atoms with E-state index in [1.807, 2.05) is 34.6 Å². The van der Waals surface area contributed by atoms with E-state index in [9.17, 15) is 4.79 Å². The van der Waals surface area contributed by atoms with Gasteiger partial charge >= 0.3 is 5.97 Å². The van der Waals surface area contributed by atoms with Gasteiger partial charge in [-0.15, -0.1) is 0 Å². The van der Waals surface area contributed by atoms with Crippen molar-refractivity contribution in [3.8, 4) is 0 Å². The number of hydrogen-bond donors (Lipinski definition) is 1. The van der Waals surface area contributed by atoms with Gasteiger partial charge in [0.05, 0.1) is 17.9 Å². The first kappa shape index (κ1) is 17.9. The highest BCUT2D eigenvalue weighted by atomic mass is 16.5. The molecule has 0 aromatic heterocycles. The van der Waals surface area contributed by atoms with Crippen molar-refractivity contribution in [3.63, 3.8) is 0 Å². The number of hydrogen-bond acceptors (Lipinski definition) is 2. The number of allylic oxidation sites excluding steroid dienone is 2. The van der Waals surface area contributed by atoms with Crippen LogP contribution in [-0.4, -0.2) is 17.7 Å². The van der Waals surface area contributed by atoms with Crippen molar-refractivity contribution in [1.29, 1.82) is 0 Å².